The van der Waals surface area contributed by atoms with Crippen molar-refractivity contribution in [1.29, 1.82) is 0 Å². The van der Waals surface area contributed by atoms with Crippen molar-refractivity contribution in [2.45, 2.75) is 37.5 Å². The summed E-state index contributed by atoms with van der Waals surface area (Å²) in [4.78, 5) is 0. The lowest BCUT2D eigenvalue weighted by Crippen LogP contribution is -2.43. The van der Waals surface area contributed by atoms with Crippen LogP contribution < -0.4 is 5.32 Å². The predicted octanol–water partition coefficient (Wildman–Crippen LogP) is 0.562. The molecule has 2 atom stereocenters. The summed E-state index contributed by atoms with van der Waals surface area (Å²) in [7, 11) is -0.983. The predicted molar refractivity (Wildman–Crippen MR) is 49.9 cm³/mol. The Balaban J connectivity index is 2.73. The molecule has 1 N–H and O–H groups in total. The van der Waals surface area contributed by atoms with Gasteiger partial charge < -0.3 is 5.32 Å². The van der Waals surface area contributed by atoms with Crippen LogP contribution in [0.25, 0.3) is 0 Å². The van der Waals surface area contributed by atoms with Gasteiger partial charge in [-0.2, -0.15) is 0 Å². The molecular weight excluding hydrogens is 174 g/mol. The largest absolute Gasteiger partial charge is 0.316 e. The average molecular weight is 191 g/mol. The summed E-state index contributed by atoms with van der Waals surface area (Å²) in [5, 5.41) is 2.85. The van der Waals surface area contributed by atoms with E-state index in [-0.39, 0.29) is 11.3 Å². The van der Waals surface area contributed by atoms with Crippen LogP contribution in [0.2, 0.25) is 0 Å². The highest BCUT2D eigenvalue weighted by molar-refractivity contribution is 7.92. The molecule has 1 fully saturated rings. The first-order valence-corrected chi connectivity index (χ1v) is 6.18. The van der Waals surface area contributed by atoms with E-state index in [9.17, 15) is 8.42 Å². The standard InChI is InChI=1S/C8H17NO2S/c1-7(9-2)8-5-3-4-6-12(8,10)11/h7-9H,3-6H2,1-2H3. The molecule has 0 aromatic heterocycles. The van der Waals surface area contributed by atoms with Crippen molar-refractivity contribution < 1.29 is 8.42 Å². The maximum Gasteiger partial charge on any atom is 0.154 e. The lowest BCUT2D eigenvalue weighted by atomic mass is 10.1. The Morgan fingerprint density at radius 2 is 2.08 bits per heavy atom. The van der Waals surface area contributed by atoms with Gasteiger partial charge in [0.2, 0.25) is 0 Å². The maximum atomic E-state index is 11.5. The highest BCUT2D eigenvalue weighted by Gasteiger charge is 2.32. The fourth-order valence-electron chi connectivity index (χ4n) is 1.73. The molecular formula is C8H17NO2S. The molecule has 4 heteroatoms. The smallest absolute Gasteiger partial charge is 0.154 e. The molecule has 72 valence electrons. The first-order chi connectivity index (χ1) is 5.58. The molecule has 0 saturated carbocycles. The lowest BCUT2D eigenvalue weighted by molar-refractivity contribution is 0.478. The molecule has 1 aliphatic rings. The second-order valence-corrected chi connectivity index (χ2v) is 5.82. The van der Waals surface area contributed by atoms with Gasteiger partial charge in [-0.25, -0.2) is 8.42 Å². The molecule has 2 unspecified atom stereocenters. The molecule has 0 aromatic carbocycles. The van der Waals surface area contributed by atoms with Crippen LogP contribution in [-0.2, 0) is 9.84 Å². The Bertz CT molecular complexity index is 235. The number of rotatable bonds is 2. The van der Waals surface area contributed by atoms with Crippen molar-refractivity contribution in [2.24, 2.45) is 0 Å². The summed E-state index contributed by atoms with van der Waals surface area (Å²) < 4.78 is 23.1. The van der Waals surface area contributed by atoms with Gasteiger partial charge in [0.25, 0.3) is 0 Å². The summed E-state index contributed by atoms with van der Waals surface area (Å²) >= 11 is 0. The zero-order chi connectivity index (χ0) is 9.19. The third-order valence-electron chi connectivity index (χ3n) is 2.64. The van der Waals surface area contributed by atoms with Gasteiger partial charge in [-0.3, -0.25) is 0 Å². The minimum absolute atomic E-state index is 0.0929. The van der Waals surface area contributed by atoms with Crippen LogP contribution in [0.5, 0.6) is 0 Å². The van der Waals surface area contributed by atoms with Crippen molar-refractivity contribution in [3.8, 4) is 0 Å². The second-order valence-electron chi connectivity index (χ2n) is 3.48. The van der Waals surface area contributed by atoms with Crippen LogP contribution in [0.1, 0.15) is 26.2 Å². The number of hydrogen-bond acceptors (Lipinski definition) is 3. The normalized spacial score (nSPS) is 31.3. The molecule has 3 nitrogen and oxygen atoms in total. The van der Waals surface area contributed by atoms with Gasteiger partial charge >= 0.3 is 0 Å². The molecule has 0 amide bonds. The third-order valence-corrected chi connectivity index (χ3v) is 5.07. The molecule has 1 heterocycles. The van der Waals surface area contributed by atoms with Crippen molar-refractivity contribution in [2.75, 3.05) is 12.8 Å². The summed E-state index contributed by atoms with van der Waals surface area (Å²) in [5.74, 6) is 0.379. The quantitative estimate of drug-likeness (QED) is 0.694. The molecule has 1 rings (SSSR count). The second kappa shape index (κ2) is 3.75. The molecule has 0 aromatic rings. The van der Waals surface area contributed by atoms with Crippen LogP contribution in [0.15, 0.2) is 0 Å². The van der Waals surface area contributed by atoms with Gasteiger partial charge in [-0.15, -0.1) is 0 Å². The maximum absolute atomic E-state index is 11.5. The number of hydrogen-bond donors (Lipinski definition) is 1. The van der Waals surface area contributed by atoms with Crippen molar-refractivity contribution in [1.82, 2.24) is 5.32 Å². The van der Waals surface area contributed by atoms with Crippen molar-refractivity contribution in [3.05, 3.63) is 0 Å². The van der Waals surface area contributed by atoms with E-state index in [2.05, 4.69) is 5.32 Å². The van der Waals surface area contributed by atoms with Crippen molar-refractivity contribution >= 4 is 9.84 Å². The minimum Gasteiger partial charge on any atom is -0.316 e. The van der Waals surface area contributed by atoms with Crippen LogP contribution in [0.4, 0.5) is 0 Å². The molecule has 1 saturated heterocycles. The Hall–Kier alpha value is -0.0900. The monoisotopic (exact) mass is 191 g/mol. The molecule has 0 bridgehead atoms. The average Bonchev–Trinajstić information content (AvgIpc) is 2.02. The first-order valence-electron chi connectivity index (χ1n) is 4.47. The molecule has 0 aliphatic carbocycles. The zero-order valence-electron chi connectivity index (χ0n) is 7.71. The molecule has 12 heavy (non-hydrogen) atoms. The van der Waals surface area contributed by atoms with E-state index in [4.69, 9.17) is 0 Å². The van der Waals surface area contributed by atoms with Crippen molar-refractivity contribution in [3.63, 3.8) is 0 Å². The van der Waals surface area contributed by atoms with Gasteiger partial charge in [0.15, 0.2) is 9.84 Å². The van der Waals surface area contributed by atoms with Gasteiger partial charge in [-0.1, -0.05) is 6.42 Å². The lowest BCUT2D eigenvalue weighted by Gasteiger charge is -2.27. The molecule has 0 spiro atoms. The van der Waals surface area contributed by atoms with Gasteiger partial charge in [-0.05, 0) is 26.8 Å². The van der Waals surface area contributed by atoms with E-state index in [1.807, 2.05) is 14.0 Å². The fourth-order valence-corrected chi connectivity index (χ4v) is 3.92. The molecule has 0 radical (unpaired) electrons. The van der Waals surface area contributed by atoms with Crippen LogP contribution in [0.3, 0.4) is 0 Å². The Kier molecular flexibility index (Phi) is 3.12. The van der Waals surface area contributed by atoms with Crippen LogP contribution in [0, 0.1) is 0 Å². The highest BCUT2D eigenvalue weighted by Crippen LogP contribution is 2.21. The van der Waals surface area contributed by atoms with Gasteiger partial charge in [0.1, 0.15) is 0 Å². The Labute approximate surface area is 74.5 Å². The fraction of sp³-hybridized carbons (Fsp3) is 1.00. The first kappa shape index (κ1) is 9.99. The van der Waals surface area contributed by atoms with Gasteiger partial charge in [0, 0.05) is 6.04 Å². The Morgan fingerprint density at radius 1 is 1.42 bits per heavy atom. The van der Waals surface area contributed by atoms with E-state index in [0.29, 0.717) is 5.75 Å². The SMILES string of the molecule is CNC(C)C1CCCCS1(=O)=O. The number of sulfone groups is 1. The molecule has 1 aliphatic heterocycles. The Morgan fingerprint density at radius 3 is 2.58 bits per heavy atom. The van der Waals surface area contributed by atoms with E-state index in [1.54, 1.807) is 0 Å². The van der Waals surface area contributed by atoms with E-state index < -0.39 is 9.84 Å². The third kappa shape index (κ3) is 1.98. The van der Waals surface area contributed by atoms with E-state index in [0.717, 1.165) is 19.3 Å². The summed E-state index contributed by atoms with van der Waals surface area (Å²) in [6.45, 7) is 1.94. The summed E-state index contributed by atoms with van der Waals surface area (Å²) in [5.41, 5.74) is 0. The topological polar surface area (TPSA) is 46.2 Å². The van der Waals surface area contributed by atoms with Crippen LogP contribution >= 0.6 is 0 Å². The van der Waals surface area contributed by atoms with Crippen LogP contribution in [-0.4, -0.2) is 32.5 Å². The minimum atomic E-state index is -2.80. The zero-order valence-corrected chi connectivity index (χ0v) is 8.52. The summed E-state index contributed by atoms with van der Waals surface area (Å²) in [6, 6.07) is 0.0929. The van der Waals surface area contributed by atoms with E-state index in [1.165, 1.54) is 0 Å². The summed E-state index contributed by atoms with van der Waals surface area (Å²) in [6.07, 6.45) is 2.72. The highest BCUT2D eigenvalue weighted by atomic mass is 32.2. The number of nitrogens with one attached hydrogen (secondary N) is 1. The van der Waals surface area contributed by atoms with E-state index >= 15 is 0 Å². The van der Waals surface area contributed by atoms with Gasteiger partial charge in [0.05, 0.1) is 11.0 Å².